The first-order valence-electron chi connectivity index (χ1n) is 9.95. The monoisotopic (exact) mass is 346 g/mol. The Hall–Kier alpha value is -1.58. The van der Waals surface area contributed by atoms with Crippen LogP contribution in [0.3, 0.4) is 0 Å². The van der Waals surface area contributed by atoms with Crippen LogP contribution in [0.4, 0.5) is 0 Å². The molecule has 1 heterocycles. The fourth-order valence-electron chi connectivity index (χ4n) is 5.26. The van der Waals surface area contributed by atoms with E-state index in [4.69, 9.17) is 9.31 Å². The third-order valence-corrected chi connectivity index (χ3v) is 7.27. The molecule has 2 fully saturated rings. The van der Waals surface area contributed by atoms with Crippen molar-refractivity contribution in [3.05, 3.63) is 53.6 Å². The van der Waals surface area contributed by atoms with E-state index in [1.807, 2.05) is 0 Å². The maximum Gasteiger partial charge on any atom is 0.495 e. The average molecular weight is 346 g/mol. The predicted octanol–water partition coefficient (Wildman–Crippen LogP) is 4.83. The summed E-state index contributed by atoms with van der Waals surface area (Å²) in [6, 6.07) is 15.7. The van der Waals surface area contributed by atoms with E-state index in [0.29, 0.717) is 0 Å². The largest absolute Gasteiger partial charge is 0.495 e. The van der Waals surface area contributed by atoms with Crippen molar-refractivity contribution in [2.24, 2.45) is 0 Å². The molecule has 2 aromatic carbocycles. The molecule has 3 aliphatic rings. The van der Waals surface area contributed by atoms with E-state index in [-0.39, 0.29) is 23.7 Å². The summed E-state index contributed by atoms with van der Waals surface area (Å²) in [4.78, 5) is 0. The smallest absolute Gasteiger partial charge is 0.399 e. The SMILES string of the molecule is CC1(C)OB(c2cccc3c2C2(CCCC2)c2ccccc2-3)OC1(C)C. The van der Waals surface area contributed by atoms with E-state index in [9.17, 15) is 0 Å². The molecular weight excluding hydrogens is 319 g/mol. The maximum absolute atomic E-state index is 6.45. The molecule has 2 aliphatic carbocycles. The highest BCUT2D eigenvalue weighted by Crippen LogP contribution is 2.56. The maximum atomic E-state index is 6.45. The summed E-state index contributed by atoms with van der Waals surface area (Å²) in [6.07, 6.45) is 5.05. The molecule has 1 spiro atoms. The van der Waals surface area contributed by atoms with Crippen molar-refractivity contribution in [3.63, 3.8) is 0 Å². The molecule has 1 saturated heterocycles. The molecule has 1 saturated carbocycles. The van der Waals surface area contributed by atoms with E-state index in [1.54, 1.807) is 0 Å². The van der Waals surface area contributed by atoms with Crippen molar-refractivity contribution in [1.29, 1.82) is 0 Å². The highest BCUT2D eigenvalue weighted by atomic mass is 16.7. The minimum absolute atomic E-state index is 0.145. The molecule has 5 rings (SSSR count). The van der Waals surface area contributed by atoms with Crippen LogP contribution in [0.25, 0.3) is 11.1 Å². The molecule has 0 bridgehead atoms. The minimum Gasteiger partial charge on any atom is -0.399 e. The Balaban J connectivity index is 1.71. The van der Waals surface area contributed by atoms with Crippen LogP contribution in [0.15, 0.2) is 42.5 Å². The molecule has 0 radical (unpaired) electrons. The lowest BCUT2D eigenvalue weighted by atomic mass is 9.66. The van der Waals surface area contributed by atoms with Gasteiger partial charge in [0.15, 0.2) is 0 Å². The molecule has 2 aromatic rings. The predicted molar refractivity (Wildman–Crippen MR) is 107 cm³/mol. The molecule has 1 aliphatic heterocycles. The second kappa shape index (κ2) is 5.24. The van der Waals surface area contributed by atoms with E-state index < -0.39 is 0 Å². The quantitative estimate of drug-likeness (QED) is 0.689. The van der Waals surface area contributed by atoms with Crippen LogP contribution in [0, 0.1) is 0 Å². The summed E-state index contributed by atoms with van der Waals surface area (Å²) in [5.41, 5.74) is 6.53. The van der Waals surface area contributed by atoms with Crippen molar-refractivity contribution < 1.29 is 9.31 Å². The van der Waals surface area contributed by atoms with Gasteiger partial charge in [-0.05, 0) is 68.3 Å². The molecule has 0 N–H and O–H groups in total. The molecule has 2 nitrogen and oxygen atoms in total. The molecule has 0 aromatic heterocycles. The van der Waals surface area contributed by atoms with Crippen LogP contribution in [0.5, 0.6) is 0 Å². The first-order valence-corrected chi connectivity index (χ1v) is 9.95. The van der Waals surface area contributed by atoms with E-state index in [2.05, 4.69) is 70.2 Å². The van der Waals surface area contributed by atoms with Crippen LogP contribution < -0.4 is 5.46 Å². The van der Waals surface area contributed by atoms with Gasteiger partial charge in [-0.15, -0.1) is 0 Å². The van der Waals surface area contributed by atoms with Gasteiger partial charge < -0.3 is 9.31 Å². The van der Waals surface area contributed by atoms with E-state index in [1.165, 1.54) is 53.4 Å². The molecule has 26 heavy (non-hydrogen) atoms. The second-order valence-corrected chi connectivity index (χ2v) is 9.19. The van der Waals surface area contributed by atoms with Gasteiger partial charge in [-0.2, -0.15) is 0 Å². The highest BCUT2D eigenvalue weighted by molar-refractivity contribution is 6.63. The third-order valence-electron chi connectivity index (χ3n) is 7.27. The van der Waals surface area contributed by atoms with Crippen LogP contribution in [0.2, 0.25) is 0 Å². The Morgan fingerprint density at radius 3 is 2.08 bits per heavy atom. The van der Waals surface area contributed by atoms with Crippen LogP contribution >= 0.6 is 0 Å². The van der Waals surface area contributed by atoms with Crippen molar-refractivity contribution in [3.8, 4) is 11.1 Å². The van der Waals surface area contributed by atoms with Gasteiger partial charge in [0.05, 0.1) is 11.2 Å². The molecular formula is C23H27BO2. The first kappa shape index (κ1) is 16.6. The Kier molecular flexibility index (Phi) is 3.34. The lowest BCUT2D eigenvalue weighted by Crippen LogP contribution is -2.41. The highest BCUT2D eigenvalue weighted by Gasteiger charge is 2.55. The summed E-state index contributed by atoms with van der Waals surface area (Å²) in [5.74, 6) is 0. The number of hydrogen-bond acceptors (Lipinski definition) is 2. The van der Waals surface area contributed by atoms with Gasteiger partial charge in [0, 0.05) is 5.41 Å². The summed E-state index contributed by atoms with van der Waals surface area (Å²) >= 11 is 0. The van der Waals surface area contributed by atoms with Gasteiger partial charge in [0.25, 0.3) is 0 Å². The third kappa shape index (κ3) is 2.02. The molecule has 0 unspecified atom stereocenters. The van der Waals surface area contributed by atoms with Gasteiger partial charge in [-0.3, -0.25) is 0 Å². The average Bonchev–Trinajstić information content (AvgIpc) is 3.25. The zero-order chi connectivity index (χ0) is 18.2. The summed E-state index contributed by atoms with van der Waals surface area (Å²) in [6.45, 7) is 8.54. The summed E-state index contributed by atoms with van der Waals surface area (Å²) in [5, 5.41) is 0. The molecule has 0 amide bonds. The minimum atomic E-state index is -0.311. The molecule has 3 heteroatoms. The van der Waals surface area contributed by atoms with E-state index in [0.717, 1.165) is 0 Å². The zero-order valence-electron chi connectivity index (χ0n) is 16.3. The Morgan fingerprint density at radius 2 is 1.38 bits per heavy atom. The van der Waals surface area contributed by atoms with Gasteiger partial charge >= 0.3 is 7.12 Å². The first-order chi connectivity index (χ1) is 12.4. The Labute approximate surface area is 157 Å². The lowest BCUT2D eigenvalue weighted by molar-refractivity contribution is 0.00578. The summed E-state index contributed by atoms with van der Waals surface area (Å²) < 4.78 is 12.9. The lowest BCUT2D eigenvalue weighted by Gasteiger charge is -2.32. The number of fused-ring (bicyclic) bond motifs is 5. The van der Waals surface area contributed by atoms with Gasteiger partial charge in [-0.25, -0.2) is 0 Å². The fourth-order valence-corrected chi connectivity index (χ4v) is 5.26. The van der Waals surface area contributed by atoms with Gasteiger partial charge in [-0.1, -0.05) is 55.3 Å². The van der Waals surface area contributed by atoms with Gasteiger partial charge in [0.2, 0.25) is 0 Å². The van der Waals surface area contributed by atoms with Crippen molar-refractivity contribution in [1.82, 2.24) is 0 Å². The van der Waals surface area contributed by atoms with Gasteiger partial charge in [0.1, 0.15) is 0 Å². The van der Waals surface area contributed by atoms with Crippen molar-refractivity contribution >= 4 is 12.6 Å². The van der Waals surface area contributed by atoms with Crippen molar-refractivity contribution in [2.75, 3.05) is 0 Å². The molecule has 0 atom stereocenters. The normalized spacial score (nSPS) is 24.1. The standard InChI is InChI=1S/C23H27BO2/c1-21(2)22(3,4)26-24(25-21)19-13-9-11-17-16-10-5-6-12-18(16)23(20(17)19)14-7-8-15-23/h5-6,9-13H,7-8,14-15H2,1-4H3. The number of benzene rings is 2. The number of hydrogen-bond donors (Lipinski definition) is 0. The van der Waals surface area contributed by atoms with E-state index >= 15 is 0 Å². The second-order valence-electron chi connectivity index (χ2n) is 9.19. The Morgan fingerprint density at radius 1 is 0.769 bits per heavy atom. The number of rotatable bonds is 1. The topological polar surface area (TPSA) is 18.5 Å². The Bertz CT molecular complexity index is 862. The molecule has 134 valence electrons. The summed E-state index contributed by atoms with van der Waals surface area (Å²) in [7, 11) is -0.290. The van der Waals surface area contributed by atoms with Crippen LogP contribution in [-0.4, -0.2) is 18.3 Å². The zero-order valence-corrected chi connectivity index (χ0v) is 16.3. The van der Waals surface area contributed by atoms with Crippen molar-refractivity contribution in [2.45, 2.75) is 70.0 Å². The van der Waals surface area contributed by atoms with Crippen LogP contribution in [-0.2, 0) is 14.7 Å². The fraction of sp³-hybridized carbons (Fsp3) is 0.478. The van der Waals surface area contributed by atoms with Crippen LogP contribution in [0.1, 0.15) is 64.5 Å².